The Morgan fingerprint density at radius 2 is 2.16 bits per heavy atom. The van der Waals surface area contributed by atoms with Gasteiger partial charge in [-0.15, -0.1) is 11.3 Å². The molecule has 0 aromatic carbocycles. The molecule has 0 bridgehead atoms. The number of anilines is 1. The molecule has 1 aliphatic rings. The van der Waals surface area contributed by atoms with E-state index in [0.717, 1.165) is 25.6 Å². The van der Waals surface area contributed by atoms with E-state index in [-0.39, 0.29) is 0 Å². The van der Waals surface area contributed by atoms with Crippen LogP contribution in [0.2, 0.25) is 0 Å². The summed E-state index contributed by atoms with van der Waals surface area (Å²) in [5.74, 6) is 0.705. The first-order valence-corrected chi connectivity index (χ1v) is 8.35. The Hall–Kier alpha value is -0.610. The van der Waals surface area contributed by atoms with Crippen molar-refractivity contribution in [3.63, 3.8) is 0 Å². The SMILES string of the molecule is CCCc1nc(N(C)C2CC2)sc1CNCC(C)C. The van der Waals surface area contributed by atoms with E-state index in [0.29, 0.717) is 5.92 Å². The van der Waals surface area contributed by atoms with Crippen LogP contribution in [0.3, 0.4) is 0 Å². The second-order valence-corrected chi connectivity index (χ2v) is 7.05. The van der Waals surface area contributed by atoms with Gasteiger partial charge in [0.1, 0.15) is 0 Å². The summed E-state index contributed by atoms with van der Waals surface area (Å²) in [6.07, 6.45) is 4.95. The molecule has 19 heavy (non-hydrogen) atoms. The summed E-state index contributed by atoms with van der Waals surface area (Å²) in [5, 5.41) is 4.76. The molecule has 108 valence electrons. The first-order valence-electron chi connectivity index (χ1n) is 7.54. The minimum Gasteiger partial charge on any atom is -0.348 e. The lowest BCUT2D eigenvalue weighted by molar-refractivity contribution is 0.553. The Kier molecular flexibility index (Phi) is 5.22. The van der Waals surface area contributed by atoms with E-state index < -0.39 is 0 Å². The van der Waals surface area contributed by atoms with E-state index in [4.69, 9.17) is 4.98 Å². The molecule has 0 aliphatic heterocycles. The summed E-state index contributed by atoms with van der Waals surface area (Å²) in [6.45, 7) is 8.79. The molecule has 0 radical (unpaired) electrons. The van der Waals surface area contributed by atoms with Gasteiger partial charge in [0.2, 0.25) is 0 Å². The molecule has 0 spiro atoms. The molecule has 1 aromatic heterocycles. The lowest BCUT2D eigenvalue weighted by atomic mass is 10.2. The van der Waals surface area contributed by atoms with Gasteiger partial charge < -0.3 is 10.2 Å². The van der Waals surface area contributed by atoms with Gasteiger partial charge in [0.05, 0.1) is 5.69 Å². The minimum atomic E-state index is 0.705. The molecule has 0 unspecified atom stereocenters. The third kappa shape index (κ3) is 4.18. The smallest absolute Gasteiger partial charge is 0.185 e. The Morgan fingerprint density at radius 3 is 2.74 bits per heavy atom. The molecule has 1 fully saturated rings. The molecule has 3 nitrogen and oxygen atoms in total. The zero-order valence-corrected chi connectivity index (χ0v) is 13.5. The molecule has 1 aromatic rings. The highest BCUT2D eigenvalue weighted by atomic mass is 32.1. The van der Waals surface area contributed by atoms with Crippen LogP contribution in [0.1, 0.15) is 50.6 Å². The summed E-state index contributed by atoms with van der Waals surface area (Å²) < 4.78 is 0. The van der Waals surface area contributed by atoms with Crippen molar-refractivity contribution < 1.29 is 0 Å². The molecule has 0 saturated heterocycles. The normalized spacial score (nSPS) is 15.2. The van der Waals surface area contributed by atoms with Crippen molar-refractivity contribution in [3.05, 3.63) is 10.6 Å². The van der Waals surface area contributed by atoms with Gasteiger partial charge in [-0.2, -0.15) is 0 Å². The van der Waals surface area contributed by atoms with Gasteiger partial charge in [-0.05, 0) is 31.7 Å². The maximum absolute atomic E-state index is 4.86. The number of thiazole rings is 1. The molecule has 1 aliphatic carbocycles. The Morgan fingerprint density at radius 1 is 1.42 bits per heavy atom. The third-order valence-corrected chi connectivity index (χ3v) is 4.68. The number of hydrogen-bond acceptors (Lipinski definition) is 4. The van der Waals surface area contributed by atoms with Gasteiger partial charge in [0.25, 0.3) is 0 Å². The quantitative estimate of drug-likeness (QED) is 0.791. The summed E-state index contributed by atoms with van der Waals surface area (Å²) in [4.78, 5) is 8.67. The van der Waals surface area contributed by atoms with Crippen LogP contribution in [0.25, 0.3) is 0 Å². The Labute approximate surface area is 121 Å². The average Bonchev–Trinajstić information content (AvgIpc) is 3.13. The number of nitrogens with zero attached hydrogens (tertiary/aromatic N) is 2. The van der Waals surface area contributed by atoms with Gasteiger partial charge in [-0.3, -0.25) is 0 Å². The van der Waals surface area contributed by atoms with E-state index in [2.05, 4.69) is 38.0 Å². The highest BCUT2D eigenvalue weighted by Crippen LogP contribution is 2.34. The van der Waals surface area contributed by atoms with Gasteiger partial charge >= 0.3 is 0 Å². The number of aromatic nitrogens is 1. The Balaban J connectivity index is 2.01. The lowest BCUT2D eigenvalue weighted by Gasteiger charge is -2.13. The first kappa shape index (κ1) is 14.8. The largest absolute Gasteiger partial charge is 0.348 e. The van der Waals surface area contributed by atoms with Crippen LogP contribution in [0.4, 0.5) is 5.13 Å². The summed E-state index contributed by atoms with van der Waals surface area (Å²) >= 11 is 1.88. The zero-order chi connectivity index (χ0) is 13.8. The zero-order valence-electron chi connectivity index (χ0n) is 12.7. The monoisotopic (exact) mass is 281 g/mol. The van der Waals surface area contributed by atoms with Crippen molar-refractivity contribution >= 4 is 16.5 Å². The van der Waals surface area contributed by atoms with Gasteiger partial charge in [-0.1, -0.05) is 27.2 Å². The predicted molar refractivity (Wildman–Crippen MR) is 84.1 cm³/mol. The standard InChI is InChI=1S/C15H27N3S/c1-5-6-13-14(10-16-9-11(2)3)19-15(17-13)18(4)12-7-8-12/h11-12,16H,5-10H2,1-4H3. The van der Waals surface area contributed by atoms with E-state index in [9.17, 15) is 0 Å². The molecule has 0 atom stereocenters. The number of hydrogen-bond donors (Lipinski definition) is 1. The maximum atomic E-state index is 4.86. The summed E-state index contributed by atoms with van der Waals surface area (Å²) in [5.41, 5.74) is 1.31. The fourth-order valence-corrected chi connectivity index (χ4v) is 3.29. The number of aryl methyl sites for hydroxylation is 1. The van der Waals surface area contributed by atoms with Gasteiger partial charge in [0.15, 0.2) is 5.13 Å². The van der Waals surface area contributed by atoms with Crippen LogP contribution >= 0.6 is 11.3 Å². The fraction of sp³-hybridized carbons (Fsp3) is 0.800. The molecule has 1 N–H and O–H groups in total. The first-order chi connectivity index (χ1) is 9.11. The third-order valence-electron chi connectivity index (χ3n) is 3.49. The highest BCUT2D eigenvalue weighted by molar-refractivity contribution is 7.15. The number of nitrogens with one attached hydrogen (secondary N) is 1. The second-order valence-electron chi connectivity index (χ2n) is 5.98. The van der Waals surface area contributed by atoms with E-state index in [1.807, 2.05) is 11.3 Å². The highest BCUT2D eigenvalue weighted by Gasteiger charge is 2.28. The molecule has 1 heterocycles. The van der Waals surface area contributed by atoms with Crippen molar-refractivity contribution in [2.75, 3.05) is 18.5 Å². The molecular weight excluding hydrogens is 254 g/mol. The van der Waals surface area contributed by atoms with E-state index in [1.54, 1.807) is 0 Å². The molecule has 4 heteroatoms. The van der Waals surface area contributed by atoms with Crippen LogP contribution in [-0.2, 0) is 13.0 Å². The van der Waals surface area contributed by atoms with Gasteiger partial charge in [0, 0.05) is 24.5 Å². The van der Waals surface area contributed by atoms with Crippen molar-refractivity contribution in [3.8, 4) is 0 Å². The average molecular weight is 281 g/mol. The lowest BCUT2D eigenvalue weighted by Crippen LogP contribution is -2.19. The Bertz CT molecular complexity index is 396. The minimum absolute atomic E-state index is 0.705. The topological polar surface area (TPSA) is 28.2 Å². The summed E-state index contributed by atoms with van der Waals surface area (Å²) in [6, 6.07) is 0.747. The van der Waals surface area contributed by atoms with E-state index in [1.165, 1.54) is 35.0 Å². The van der Waals surface area contributed by atoms with Crippen molar-refractivity contribution in [1.29, 1.82) is 0 Å². The summed E-state index contributed by atoms with van der Waals surface area (Å²) in [7, 11) is 2.19. The number of rotatable bonds is 8. The van der Waals surface area contributed by atoms with Crippen molar-refractivity contribution in [1.82, 2.24) is 10.3 Å². The molecule has 2 rings (SSSR count). The fourth-order valence-electron chi connectivity index (χ4n) is 2.18. The van der Waals surface area contributed by atoms with Crippen LogP contribution in [-0.4, -0.2) is 24.6 Å². The van der Waals surface area contributed by atoms with Crippen LogP contribution < -0.4 is 10.2 Å². The van der Waals surface area contributed by atoms with Gasteiger partial charge in [-0.25, -0.2) is 4.98 Å². The maximum Gasteiger partial charge on any atom is 0.185 e. The van der Waals surface area contributed by atoms with Crippen LogP contribution in [0.5, 0.6) is 0 Å². The second kappa shape index (κ2) is 6.71. The predicted octanol–water partition coefficient (Wildman–Crippen LogP) is 3.44. The molecule has 0 amide bonds. The van der Waals surface area contributed by atoms with Crippen molar-refractivity contribution in [2.24, 2.45) is 5.92 Å². The molecule has 1 saturated carbocycles. The van der Waals surface area contributed by atoms with E-state index >= 15 is 0 Å². The van der Waals surface area contributed by atoms with Crippen molar-refractivity contribution in [2.45, 2.75) is 59.0 Å². The molecular formula is C15H27N3S. The van der Waals surface area contributed by atoms with Crippen LogP contribution in [0, 0.1) is 5.92 Å². The van der Waals surface area contributed by atoms with Crippen LogP contribution in [0.15, 0.2) is 0 Å².